The second-order valence-electron chi connectivity index (χ2n) is 10.3. The van der Waals surface area contributed by atoms with Gasteiger partial charge in [-0.2, -0.15) is 0 Å². The summed E-state index contributed by atoms with van der Waals surface area (Å²) in [5.74, 6) is 3.06. The van der Waals surface area contributed by atoms with Crippen LogP contribution in [0.2, 0.25) is 0 Å². The summed E-state index contributed by atoms with van der Waals surface area (Å²) in [6.45, 7) is 4.89. The number of hydrogen-bond acceptors (Lipinski definition) is 3. The first-order chi connectivity index (χ1) is 12.3. The zero-order chi connectivity index (χ0) is 18.3. The summed E-state index contributed by atoms with van der Waals surface area (Å²) in [4.78, 5) is 11.9. The Morgan fingerprint density at radius 2 is 2.04 bits per heavy atom. The molecule has 5 aliphatic rings. The van der Waals surface area contributed by atoms with E-state index in [4.69, 9.17) is 0 Å². The van der Waals surface area contributed by atoms with E-state index in [0.29, 0.717) is 42.4 Å². The third-order valence-electron chi connectivity index (χ3n) is 9.39. The Morgan fingerprint density at radius 1 is 1.23 bits per heavy atom. The highest BCUT2D eigenvalue weighted by atomic mass is 16.3. The van der Waals surface area contributed by atoms with Gasteiger partial charge in [0.05, 0.1) is 5.60 Å². The predicted octanol–water partition coefficient (Wildman–Crippen LogP) is 3.65. The fourth-order valence-corrected chi connectivity index (χ4v) is 7.94. The standard InChI is InChI=1S/C23H32O3/c1-21-9-6-15(25)12-14(21)4-5-16-18(21)7-10-22(2)20(16)17-13-19(17)23(22,26)8-3-11-24/h4-5,12,16-20,24,26H,3,6-11,13H2,1-2H3/t16-,17-,18+,19+,20-,21+,22+,23+/m1/s1. The third-order valence-corrected chi connectivity index (χ3v) is 9.39. The highest BCUT2D eigenvalue weighted by Crippen LogP contribution is 2.76. The lowest BCUT2D eigenvalue weighted by Crippen LogP contribution is -2.56. The van der Waals surface area contributed by atoms with Crippen LogP contribution in [0.1, 0.15) is 58.8 Å². The van der Waals surface area contributed by atoms with Gasteiger partial charge in [0.1, 0.15) is 0 Å². The van der Waals surface area contributed by atoms with Crippen LogP contribution < -0.4 is 0 Å². The van der Waals surface area contributed by atoms with Crippen molar-refractivity contribution in [1.82, 2.24) is 0 Å². The van der Waals surface area contributed by atoms with Gasteiger partial charge >= 0.3 is 0 Å². The zero-order valence-electron chi connectivity index (χ0n) is 16.1. The molecule has 0 aromatic heterocycles. The fourth-order valence-electron chi connectivity index (χ4n) is 7.94. The van der Waals surface area contributed by atoms with Crippen molar-refractivity contribution >= 4 is 5.78 Å². The van der Waals surface area contributed by atoms with Gasteiger partial charge in [-0.05, 0) is 85.2 Å². The van der Waals surface area contributed by atoms with Crippen LogP contribution in [0.15, 0.2) is 23.8 Å². The average Bonchev–Trinajstić information content (AvgIpc) is 3.37. The maximum absolute atomic E-state index is 11.9. The molecule has 2 N–H and O–H groups in total. The Bertz CT molecular complexity index is 708. The molecule has 3 heteroatoms. The van der Waals surface area contributed by atoms with E-state index in [9.17, 15) is 15.0 Å². The summed E-state index contributed by atoms with van der Waals surface area (Å²) in [5, 5.41) is 21.1. The maximum atomic E-state index is 11.9. The van der Waals surface area contributed by atoms with Gasteiger partial charge < -0.3 is 10.2 Å². The van der Waals surface area contributed by atoms with Gasteiger partial charge in [-0.3, -0.25) is 4.79 Å². The van der Waals surface area contributed by atoms with Crippen molar-refractivity contribution in [3.8, 4) is 0 Å². The number of hydrogen-bond donors (Lipinski definition) is 2. The minimum absolute atomic E-state index is 0.0245. The molecule has 26 heavy (non-hydrogen) atoms. The molecule has 3 nitrogen and oxygen atoms in total. The molecule has 3 fully saturated rings. The van der Waals surface area contributed by atoms with E-state index in [1.165, 1.54) is 5.57 Å². The lowest BCUT2D eigenvalue weighted by atomic mass is 9.47. The van der Waals surface area contributed by atoms with E-state index in [2.05, 4.69) is 26.0 Å². The van der Waals surface area contributed by atoms with Crippen LogP contribution in [0, 0.1) is 40.4 Å². The zero-order valence-corrected chi connectivity index (χ0v) is 16.1. The van der Waals surface area contributed by atoms with Crippen LogP contribution in [0.25, 0.3) is 0 Å². The highest BCUT2D eigenvalue weighted by Gasteiger charge is 2.75. The van der Waals surface area contributed by atoms with Crippen molar-refractivity contribution < 1.29 is 15.0 Å². The first kappa shape index (κ1) is 17.2. The molecule has 0 unspecified atom stereocenters. The Hall–Kier alpha value is -0.930. The summed E-state index contributed by atoms with van der Waals surface area (Å²) >= 11 is 0. The fraction of sp³-hybridized carbons (Fsp3) is 0.783. The van der Waals surface area contributed by atoms with E-state index in [1.54, 1.807) is 0 Å². The summed E-state index contributed by atoms with van der Waals surface area (Å²) in [6.07, 6.45) is 13.0. The van der Waals surface area contributed by atoms with Gasteiger partial charge in [-0.25, -0.2) is 0 Å². The van der Waals surface area contributed by atoms with Gasteiger partial charge in [0.2, 0.25) is 0 Å². The number of fused-ring (bicyclic) bond motifs is 7. The number of rotatable bonds is 3. The van der Waals surface area contributed by atoms with Crippen LogP contribution in [-0.2, 0) is 4.79 Å². The lowest BCUT2D eigenvalue weighted by molar-refractivity contribution is -0.141. The summed E-state index contributed by atoms with van der Waals surface area (Å²) in [6, 6.07) is 0. The number of aliphatic hydroxyl groups excluding tert-OH is 1. The number of ketones is 1. The van der Waals surface area contributed by atoms with Gasteiger partial charge in [0.25, 0.3) is 0 Å². The van der Waals surface area contributed by atoms with Crippen molar-refractivity contribution in [3.63, 3.8) is 0 Å². The maximum Gasteiger partial charge on any atom is 0.156 e. The van der Waals surface area contributed by atoms with Crippen LogP contribution in [0.5, 0.6) is 0 Å². The first-order valence-corrected chi connectivity index (χ1v) is 10.6. The van der Waals surface area contributed by atoms with Crippen LogP contribution >= 0.6 is 0 Å². The Kier molecular flexibility index (Phi) is 3.52. The molecule has 0 amide bonds. The molecule has 0 aromatic rings. The van der Waals surface area contributed by atoms with Gasteiger partial charge in [0.15, 0.2) is 5.78 Å². The number of carbonyl (C=O) groups excluding carboxylic acids is 1. The van der Waals surface area contributed by atoms with Gasteiger partial charge in [0, 0.05) is 18.4 Å². The SMILES string of the molecule is C[C@]12CCC(=O)C=C1C=C[C@H]1[C@@H]3[C@@H]4C[C@@H]4[C@@](O)(CCCO)[C@@]3(C)CC[C@@H]12. The first-order valence-electron chi connectivity index (χ1n) is 10.6. The minimum atomic E-state index is -0.594. The Morgan fingerprint density at radius 3 is 2.81 bits per heavy atom. The third kappa shape index (κ3) is 1.94. The Labute approximate surface area is 156 Å². The van der Waals surface area contributed by atoms with Crippen LogP contribution in [0.4, 0.5) is 0 Å². The molecule has 0 aromatic carbocycles. The molecule has 0 bridgehead atoms. The van der Waals surface area contributed by atoms with Crippen molar-refractivity contribution in [1.29, 1.82) is 0 Å². The van der Waals surface area contributed by atoms with E-state index in [-0.39, 0.29) is 23.2 Å². The van der Waals surface area contributed by atoms with Gasteiger partial charge in [-0.15, -0.1) is 0 Å². The number of aliphatic hydroxyl groups is 2. The molecule has 0 spiro atoms. The van der Waals surface area contributed by atoms with E-state index < -0.39 is 5.60 Å². The molecule has 8 atom stereocenters. The van der Waals surface area contributed by atoms with Gasteiger partial charge in [-0.1, -0.05) is 26.0 Å². The smallest absolute Gasteiger partial charge is 0.156 e. The minimum Gasteiger partial charge on any atom is -0.396 e. The monoisotopic (exact) mass is 356 g/mol. The summed E-state index contributed by atoms with van der Waals surface area (Å²) < 4.78 is 0. The molecule has 142 valence electrons. The molecule has 3 saturated carbocycles. The summed E-state index contributed by atoms with van der Waals surface area (Å²) in [7, 11) is 0. The molecule has 5 rings (SSSR count). The molecular weight excluding hydrogens is 324 g/mol. The normalized spacial score (nSPS) is 54.1. The van der Waals surface area contributed by atoms with Crippen LogP contribution in [0.3, 0.4) is 0 Å². The van der Waals surface area contributed by atoms with Crippen molar-refractivity contribution in [2.75, 3.05) is 6.61 Å². The molecule has 0 heterocycles. The quantitative estimate of drug-likeness (QED) is 0.811. The number of carbonyl (C=O) groups is 1. The predicted molar refractivity (Wildman–Crippen MR) is 100 cm³/mol. The molecule has 0 radical (unpaired) electrons. The molecular formula is C23H32O3. The Balaban J connectivity index is 1.53. The van der Waals surface area contributed by atoms with Crippen molar-refractivity contribution in [2.45, 2.75) is 64.4 Å². The number of allylic oxidation sites excluding steroid dienone is 4. The van der Waals surface area contributed by atoms with E-state index in [1.807, 2.05) is 6.08 Å². The largest absolute Gasteiger partial charge is 0.396 e. The summed E-state index contributed by atoms with van der Waals surface area (Å²) in [5.41, 5.74) is 0.761. The van der Waals surface area contributed by atoms with E-state index >= 15 is 0 Å². The van der Waals surface area contributed by atoms with Crippen molar-refractivity contribution in [2.24, 2.45) is 40.4 Å². The second kappa shape index (κ2) is 5.32. The van der Waals surface area contributed by atoms with Crippen molar-refractivity contribution in [3.05, 3.63) is 23.8 Å². The van der Waals surface area contributed by atoms with E-state index in [0.717, 1.165) is 32.1 Å². The average molecular weight is 357 g/mol. The second-order valence-corrected chi connectivity index (χ2v) is 10.3. The van der Waals surface area contributed by atoms with Crippen LogP contribution in [-0.4, -0.2) is 28.2 Å². The molecule has 0 saturated heterocycles. The molecule has 0 aliphatic heterocycles. The topological polar surface area (TPSA) is 57.5 Å². The molecule has 5 aliphatic carbocycles. The highest BCUT2D eigenvalue weighted by molar-refractivity contribution is 5.92. The lowest BCUT2D eigenvalue weighted by Gasteiger charge is -2.58.